The van der Waals surface area contributed by atoms with E-state index in [1.807, 2.05) is 19.1 Å². The van der Waals surface area contributed by atoms with Crippen molar-refractivity contribution in [1.82, 2.24) is 10.6 Å². The molecule has 0 radical (unpaired) electrons. The first-order valence-corrected chi connectivity index (χ1v) is 8.73. The topological polar surface area (TPSA) is 62.8 Å². The van der Waals surface area contributed by atoms with E-state index in [-0.39, 0.29) is 12.0 Å². The van der Waals surface area contributed by atoms with Gasteiger partial charge >= 0.3 is 0 Å². The summed E-state index contributed by atoms with van der Waals surface area (Å²) in [4.78, 5) is 0. The van der Waals surface area contributed by atoms with E-state index in [0.29, 0.717) is 32.1 Å². The fourth-order valence-electron chi connectivity index (χ4n) is 2.60. The Morgan fingerprint density at radius 2 is 2.26 bits per heavy atom. The van der Waals surface area contributed by atoms with Gasteiger partial charge in [0.25, 0.3) is 0 Å². The van der Waals surface area contributed by atoms with Gasteiger partial charge in [0.15, 0.2) is 11.5 Å². The quantitative estimate of drug-likeness (QED) is 0.569. The number of hydrogen-bond donors (Lipinski definition) is 3. The zero-order chi connectivity index (χ0) is 16.7. The molecule has 2 rings (SSSR count). The van der Waals surface area contributed by atoms with E-state index >= 15 is 0 Å². The highest BCUT2D eigenvalue weighted by Crippen LogP contribution is 2.37. The van der Waals surface area contributed by atoms with Gasteiger partial charge in [0.2, 0.25) is 0 Å². The van der Waals surface area contributed by atoms with Crippen molar-refractivity contribution in [3.63, 3.8) is 0 Å². The summed E-state index contributed by atoms with van der Waals surface area (Å²) < 4.78 is 12.2. The highest BCUT2D eigenvalue weighted by molar-refractivity contribution is 9.10. The number of hydrogen-bond acceptors (Lipinski definition) is 5. The van der Waals surface area contributed by atoms with Crippen LogP contribution in [-0.4, -0.2) is 44.1 Å². The van der Waals surface area contributed by atoms with Gasteiger partial charge in [0.1, 0.15) is 6.61 Å². The molecule has 5 nitrogen and oxygen atoms in total. The summed E-state index contributed by atoms with van der Waals surface area (Å²) in [6.07, 6.45) is 1.45. The summed E-state index contributed by atoms with van der Waals surface area (Å²) in [6, 6.07) is 4.01. The molecule has 6 heteroatoms. The molecule has 0 saturated carbocycles. The number of nitrogens with one attached hydrogen (secondary N) is 2. The highest BCUT2D eigenvalue weighted by atomic mass is 79.9. The molecule has 23 heavy (non-hydrogen) atoms. The van der Waals surface area contributed by atoms with E-state index in [2.05, 4.69) is 33.1 Å². The van der Waals surface area contributed by atoms with E-state index in [4.69, 9.17) is 9.47 Å². The van der Waals surface area contributed by atoms with Gasteiger partial charge in [-0.1, -0.05) is 12.7 Å². The minimum Gasteiger partial charge on any atom is -0.490 e. The van der Waals surface area contributed by atoms with Gasteiger partial charge in [-0.05, 0) is 40.5 Å². The molecule has 1 fully saturated rings. The lowest BCUT2D eigenvalue weighted by atomic mass is 10.1. The molecule has 128 valence electrons. The fraction of sp³-hybridized carbons (Fsp3) is 0.529. The number of aliphatic hydroxyl groups excluding tert-OH is 1. The standard InChI is InChI=1S/C17H25BrN2O3/c1-3-5-23-17-14(18)6-12(7-16(17)22-4-2)8-19-9-13-10-20-11-15(13)21/h3,6-7,13,15,19-21H,1,4-5,8-11H2,2H3. The van der Waals surface area contributed by atoms with Crippen LogP contribution in [0.4, 0.5) is 0 Å². The lowest BCUT2D eigenvalue weighted by Crippen LogP contribution is -2.30. The van der Waals surface area contributed by atoms with Gasteiger partial charge < -0.3 is 25.2 Å². The summed E-state index contributed by atoms with van der Waals surface area (Å²) in [5, 5.41) is 16.4. The van der Waals surface area contributed by atoms with Crippen molar-refractivity contribution >= 4 is 15.9 Å². The van der Waals surface area contributed by atoms with Crippen molar-refractivity contribution in [2.45, 2.75) is 19.6 Å². The van der Waals surface area contributed by atoms with Crippen molar-refractivity contribution in [1.29, 1.82) is 0 Å². The molecule has 1 heterocycles. The Morgan fingerprint density at radius 3 is 2.91 bits per heavy atom. The van der Waals surface area contributed by atoms with Gasteiger partial charge in [-0.15, -0.1) is 0 Å². The SMILES string of the molecule is C=CCOc1c(Br)cc(CNCC2CNCC2O)cc1OCC. The van der Waals surface area contributed by atoms with E-state index in [1.54, 1.807) is 6.08 Å². The number of halogens is 1. The third-order valence-corrected chi connectivity index (χ3v) is 4.34. The van der Waals surface area contributed by atoms with Crippen LogP contribution in [-0.2, 0) is 6.54 Å². The predicted octanol–water partition coefficient (Wildman–Crippen LogP) is 2.08. The first-order valence-electron chi connectivity index (χ1n) is 7.94. The average Bonchev–Trinajstić information content (AvgIpc) is 2.92. The first kappa shape index (κ1) is 18.3. The van der Waals surface area contributed by atoms with Crippen LogP contribution in [0.3, 0.4) is 0 Å². The number of aliphatic hydroxyl groups is 1. The molecule has 1 aromatic carbocycles. The average molecular weight is 385 g/mol. The van der Waals surface area contributed by atoms with Crippen LogP contribution in [0, 0.1) is 5.92 Å². The second-order valence-electron chi connectivity index (χ2n) is 5.55. The van der Waals surface area contributed by atoms with E-state index in [9.17, 15) is 5.11 Å². The Morgan fingerprint density at radius 1 is 1.43 bits per heavy atom. The third kappa shape index (κ3) is 5.21. The van der Waals surface area contributed by atoms with Crippen LogP contribution in [0.2, 0.25) is 0 Å². The molecule has 0 amide bonds. The van der Waals surface area contributed by atoms with Crippen LogP contribution in [0.15, 0.2) is 29.3 Å². The Hall–Kier alpha value is -1.08. The normalized spacial score (nSPS) is 20.5. The molecule has 0 bridgehead atoms. The number of benzene rings is 1. The second-order valence-corrected chi connectivity index (χ2v) is 6.41. The zero-order valence-corrected chi connectivity index (χ0v) is 15.1. The molecule has 2 unspecified atom stereocenters. The van der Waals surface area contributed by atoms with Gasteiger partial charge in [0, 0.05) is 32.1 Å². The summed E-state index contributed by atoms with van der Waals surface area (Å²) >= 11 is 3.55. The monoisotopic (exact) mass is 384 g/mol. The lowest BCUT2D eigenvalue weighted by Gasteiger charge is -2.17. The van der Waals surface area contributed by atoms with E-state index in [1.165, 1.54) is 0 Å². The van der Waals surface area contributed by atoms with Crippen LogP contribution >= 0.6 is 15.9 Å². The molecular weight excluding hydrogens is 360 g/mol. The van der Waals surface area contributed by atoms with Gasteiger partial charge in [-0.25, -0.2) is 0 Å². The molecule has 1 saturated heterocycles. The van der Waals surface area contributed by atoms with Crippen LogP contribution in [0.5, 0.6) is 11.5 Å². The van der Waals surface area contributed by atoms with E-state index < -0.39 is 0 Å². The van der Waals surface area contributed by atoms with Crippen molar-refractivity contribution in [3.05, 3.63) is 34.8 Å². The largest absolute Gasteiger partial charge is 0.490 e. The zero-order valence-electron chi connectivity index (χ0n) is 13.5. The number of rotatable bonds is 9. The minimum absolute atomic E-state index is 0.261. The summed E-state index contributed by atoms with van der Waals surface area (Å²) in [7, 11) is 0. The Balaban J connectivity index is 1.99. The molecule has 1 aliphatic rings. The maximum absolute atomic E-state index is 9.81. The Kier molecular flexibility index (Phi) is 7.36. The molecule has 0 aliphatic carbocycles. The van der Waals surface area contributed by atoms with Crippen molar-refractivity contribution < 1.29 is 14.6 Å². The van der Waals surface area contributed by atoms with Crippen molar-refractivity contribution in [2.75, 3.05) is 32.8 Å². The lowest BCUT2D eigenvalue weighted by molar-refractivity contribution is 0.146. The van der Waals surface area contributed by atoms with Gasteiger partial charge in [-0.3, -0.25) is 0 Å². The summed E-state index contributed by atoms with van der Waals surface area (Å²) in [6.45, 7) is 9.66. The fourth-order valence-corrected chi connectivity index (χ4v) is 3.20. The van der Waals surface area contributed by atoms with E-state index in [0.717, 1.165) is 28.9 Å². The maximum atomic E-state index is 9.81. The Bertz CT molecular complexity index is 525. The van der Waals surface area contributed by atoms with Gasteiger partial charge in [-0.2, -0.15) is 0 Å². The molecule has 0 spiro atoms. The van der Waals surface area contributed by atoms with Crippen LogP contribution in [0.1, 0.15) is 12.5 Å². The second kappa shape index (κ2) is 9.27. The maximum Gasteiger partial charge on any atom is 0.175 e. The van der Waals surface area contributed by atoms with Crippen LogP contribution < -0.4 is 20.1 Å². The van der Waals surface area contributed by atoms with Crippen molar-refractivity contribution in [2.24, 2.45) is 5.92 Å². The molecular formula is C17H25BrN2O3. The first-order chi connectivity index (χ1) is 11.2. The molecule has 2 atom stereocenters. The van der Waals surface area contributed by atoms with Crippen molar-refractivity contribution in [3.8, 4) is 11.5 Å². The minimum atomic E-state index is -0.261. The number of β-amino-alcohol motifs (C(OH)–C–C–N with tert-alkyl or cyclic N) is 1. The Labute approximate surface area is 146 Å². The molecule has 1 aliphatic heterocycles. The smallest absolute Gasteiger partial charge is 0.175 e. The third-order valence-electron chi connectivity index (χ3n) is 3.75. The highest BCUT2D eigenvalue weighted by Gasteiger charge is 2.24. The predicted molar refractivity (Wildman–Crippen MR) is 95.1 cm³/mol. The molecule has 0 aromatic heterocycles. The molecule has 1 aromatic rings. The number of ether oxygens (including phenoxy) is 2. The van der Waals surface area contributed by atoms with Crippen LogP contribution in [0.25, 0.3) is 0 Å². The molecule has 3 N–H and O–H groups in total. The van der Waals surface area contributed by atoms with Gasteiger partial charge in [0.05, 0.1) is 17.2 Å². The summed E-state index contributed by atoms with van der Waals surface area (Å²) in [5.74, 6) is 1.69. The summed E-state index contributed by atoms with van der Waals surface area (Å²) in [5.41, 5.74) is 1.10.